The molecule has 2 atom stereocenters. The number of ether oxygens (including phenoxy) is 1. The minimum atomic E-state index is -0.372. The van der Waals surface area contributed by atoms with Crippen molar-refractivity contribution in [1.29, 1.82) is 0 Å². The topological polar surface area (TPSA) is 84.7 Å². The summed E-state index contributed by atoms with van der Waals surface area (Å²) in [5, 5.41) is 5.12. The standard InChI is InChI=1S/C21H21N3O4S/c1-13-10-24(11-14(2)28-13)21(26)15-6-3-4-7-16(15)22-19(25)17-12-29-20(23-17)18-8-5-9-27-18/h3-9,12-14H,10-11H2,1-2H3,(H,22,25)/t13-,14-/m0/s1. The molecule has 0 aliphatic carbocycles. The third-order valence-corrected chi connectivity index (χ3v) is 5.44. The second-order valence-electron chi connectivity index (χ2n) is 6.98. The van der Waals surface area contributed by atoms with Crippen LogP contribution in [0.3, 0.4) is 0 Å². The van der Waals surface area contributed by atoms with Gasteiger partial charge < -0.3 is 19.4 Å². The van der Waals surface area contributed by atoms with Crippen LogP contribution in [-0.2, 0) is 4.74 Å². The average molecular weight is 411 g/mol. The molecule has 8 heteroatoms. The van der Waals surface area contributed by atoms with E-state index in [9.17, 15) is 9.59 Å². The number of carbonyl (C=O) groups excluding carboxylic acids is 2. The normalized spacial score (nSPS) is 19.2. The molecule has 4 rings (SSSR count). The molecule has 0 spiro atoms. The van der Waals surface area contributed by atoms with E-state index in [0.29, 0.717) is 35.1 Å². The highest BCUT2D eigenvalue weighted by Crippen LogP contribution is 2.25. The maximum Gasteiger partial charge on any atom is 0.275 e. The molecule has 29 heavy (non-hydrogen) atoms. The number of thiazole rings is 1. The smallest absolute Gasteiger partial charge is 0.275 e. The summed E-state index contributed by atoms with van der Waals surface area (Å²) in [4.78, 5) is 31.9. The maximum absolute atomic E-state index is 13.1. The van der Waals surface area contributed by atoms with Gasteiger partial charge in [-0.05, 0) is 38.1 Å². The van der Waals surface area contributed by atoms with Crippen molar-refractivity contribution in [2.45, 2.75) is 26.1 Å². The molecule has 0 radical (unpaired) electrons. The number of carbonyl (C=O) groups is 2. The lowest BCUT2D eigenvalue weighted by Crippen LogP contribution is -2.48. The Labute approximate surface area is 172 Å². The Hall–Kier alpha value is -2.97. The van der Waals surface area contributed by atoms with Crippen LogP contribution >= 0.6 is 11.3 Å². The Kier molecular flexibility index (Phi) is 5.46. The summed E-state index contributed by atoms with van der Waals surface area (Å²) in [6.07, 6.45) is 1.50. The second kappa shape index (κ2) is 8.18. The van der Waals surface area contributed by atoms with Gasteiger partial charge in [0.25, 0.3) is 11.8 Å². The maximum atomic E-state index is 13.1. The number of amides is 2. The summed E-state index contributed by atoms with van der Waals surface area (Å²) in [5.74, 6) is 0.112. The van der Waals surface area contributed by atoms with Gasteiger partial charge >= 0.3 is 0 Å². The Morgan fingerprint density at radius 1 is 1.14 bits per heavy atom. The van der Waals surface area contributed by atoms with Crippen LogP contribution in [-0.4, -0.2) is 47.0 Å². The molecule has 1 saturated heterocycles. The third-order valence-electron chi connectivity index (χ3n) is 4.58. The van der Waals surface area contributed by atoms with Crippen molar-refractivity contribution in [3.8, 4) is 10.8 Å². The molecule has 1 fully saturated rings. The monoisotopic (exact) mass is 411 g/mol. The molecule has 7 nitrogen and oxygen atoms in total. The van der Waals surface area contributed by atoms with E-state index < -0.39 is 0 Å². The number of anilines is 1. The molecule has 0 unspecified atom stereocenters. The van der Waals surface area contributed by atoms with Gasteiger partial charge in [-0.1, -0.05) is 12.1 Å². The van der Waals surface area contributed by atoms with Gasteiger partial charge in [0.05, 0.1) is 29.7 Å². The van der Waals surface area contributed by atoms with Crippen molar-refractivity contribution in [3.05, 3.63) is 59.3 Å². The van der Waals surface area contributed by atoms with Gasteiger partial charge in [0, 0.05) is 18.5 Å². The van der Waals surface area contributed by atoms with E-state index >= 15 is 0 Å². The Balaban J connectivity index is 1.52. The number of furan rings is 1. The van der Waals surface area contributed by atoms with Crippen LogP contribution in [0.2, 0.25) is 0 Å². The Morgan fingerprint density at radius 2 is 1.90 bits per heavy atom. The fourth-order valence-electron chi connectivity index (χ4n) is 3.37. The molecule has 1 aromatic carbocycles. The van der Waals surface area contributed by atoms with Crippen LogP contribution in [0.4, 0.5) is 5.69 Å². The lowest BCUT2D eigenvalue weighted by atomic mass is 10.1. The van der Waals surface area contributed by atoms with Crippen molar-refractivity contribution >= 4 is 28.8 Å². The molecule has 0 saturated carbocycles. The summed E-state index contributed by atoms with van der Waals surface area (Å²) in [7, 11) is 0. The van der Waals surface area contributed by atoms with Crippen LogP contribution in [0.1, 0.15) is 34.7 Å². The quantitative estimate of drug-likeness (QED) is 0.704. The van der Waals surface area contributed by atoms with Gasteiger partial charge in [0.1, 0.15) is 5.69 Å². The van der Waals surface area contributed by atoms with Crippen LogP contribution in [0.5, 0.6) is 0 Å². The van der Waals surface area contributed by atoms with E-state index in [1.54, 1.807) is 52.9 Å². The summed E-state index contributed by atoms with van der Waals surface area (Å²) in [6, 6.07) is 10.6. The first kappa shape index (κ1) is 19.4. The molecular weight excluding hydrogens is 390 g/mol. The molecule has 3 aromatic rings. The number of para-hydroxylation sites is 1. The third kappa shape index (κ3) is 4.23. The molecule has 0 bridgehead atoms. The number of aromatic nitrogens is 1. The van der Waals surface area contributed by atoms with Gasteiger partial charge in [0.15, 0.2) is 10.8 Å². The molecular formula is C21H21N3O4S. The van der Waals surface area contributed by atoms with Crippen molar-refractivity contribution in [2.75, 3.05) is 18.4 Å². The highest BCUT2D eigenvalue weighted by atomic mass is 32.1. The number of hydrogen-bond donors (Lipinski definition) is 1. The van der Waals surface area contributed by atoms with Crippen molar-refractivity contribution in [3.63, 3.8) is 0 Å². The fraction of sp³-hybridized carbons (Fsp3) is 0.286. The van der Waals surface area contributed by atoms with Crippen molar-refractivity contribution < 1.29 is 18.7 Å². The van der Waals surface area contributed by atoms with E-state index in [1.165, 1.54) is 11.3 Å². The van der Waals surface area contributed by atoms with E-state index in [-0.39, 0.29) is 29.7 Å². The van der Waals surface area contributed by atoms with Gasteiger partial charge in [-0.15, -0.1) is 11.3 Å². The number of rotatable bonds is 4. The van der Waals surface area contributed by atoms with E-state index in [0.717, 1.165) is 0 Å². The zero-order valence-corrected chi connectivity index (χ0v) is 16.9. The second-order valence-corrected chi connectivity index (χ2v) is 7.84. The highest BCUT2D eigenvalue weighted by Gasteiger charge is 2.28. The average Bonchev–Trinajstić information content (AvgIpc) is 3.39. The molecule has 3 heterocycles. The zero-order valence-electron chi connectivity index (χ0n) is 16.1. The summed E-state index contributed by atoms with van der Waals surface area (Å²) in [5.41, 5.74) is 1.18. The number of morpholine rings is 1. The lowest BCUT2D eigenvalue weighted by Gasteiger charge is -2.35. The predicted molar refractivity (Wildman–Crippen MR) is 110 cm³/mol. The van der Waals surface area contributed by atoms with Gasteiger partial charge in [-0.3, -0.25) is 9.59 Å². The highest BCUT2D eigenvalue weighted by molar-refractivity contribution is 7.13. The minimum absolute atomic E-state index is 0.0283. The first-order chi connectivity index (χ1) is 14.0. The summed E-state index contributed by atoms with van der Waals surface area (Å²) in [6.45, 7) is 4.93. The molecule has 1 aliphatic heterocycles. The molecule has 2 aromatic heterocycles. The minimum Gasteiger partial charge on any atom is -0.462 e. The lowest BCUT2D eigenvalue weighted by molar-refractivity contribution is -0.0585. The molecule has 1 N–H and O–H groups in total. The number of benzene rings is 1. The van der Waals surface area contributed by atoms with Crippen LogP contribution in [0, 0.1) is 0 Å². The summed E-state index contributed by atoms with van der Waals surface area (Å²) < 4.78 is 11.0. The van der Waals surface area contributed by atoms with Crippen LogP contribution < -0.4 is 5.32 Å². The molecule has 150 valence electrons. The van der Waals surface area contributed by atoms with Crippen molar-refractivity contribution in [1.82, 2.24) is 9.88 Å². The Morgan fingerprint density at radius 3 is 2.62 bits per heavy atom. The number of nitrogens with zero attached hydrogens (tertiary/aromatic N) is 2. The predicted octanol–water partition coefficient (Wildman–Crippen LogP) is 3.90. The summed E-state index contributed by atoms with van der Waals surface area (Å²) >= 11 is 1.33. The van der Waals surface area contributed by atoms with Crippen LogP contribution in [0.15, 0.2) is 52.5 Å². The fourth-order valence-corrected chi connectivity index (χ4v) is 4.14. The Bertz CT molecular complexity index is 1000. The SMILES string of the molecule is C[C@H]1CN(C(=O)c2ccccc2NC(=O)c2csc(-c3ccco3)n2)C[C@H](C)O1. The zero-order chi connectivity index (χ0) is 20.4. The van der Waals surface area contributed by atoms with Gasteiger partial charge in [0.2, 0.25) is 0 Å². The van der Waals surface area contributed by atoms with Crippen LogP contribution in [0.25, 0.3) is 10.8 Å². The van der Waals surface area contributed by atoms with E-state index in [1.807, 2.05) is 13.8 Å². The van der Waals surface area contributed by atoms with Gasteiger partial charge in [-0.2, -0.15) is 0 Å². The van der Waals surface area contributed by atoms with E-state index in [4.69, 9.17) is 9.15 Å². The van der Waals surface area contributed by atoms with Gasteiger partial charge in [-0.25, -0.2) is 4.98 Å². The largest absolute Gasteiger partial charge is 0.462 e. The number of hydrogen-bond acceptors (Lipinski definition) is 6. The molecule has 2 amide bonds. The van der Waals surface area contributed by atoms with Crippen molar-refractivity contribution in [2.24, 2.45) is 0 Å². The number of nitrogens with one attached hydrogen (secondary N) is 1. The van der Waals surface area contributed by atoms with E-state index in [2.05, 4.69) is 10.3 Å². The first-order valence-electron chi connectivity index (χ1n) is 9.36. The molecule has 1 aliphatic rings. The first-order valence-corrected chi connectivity index (χ1v) is 10.2.